The van der Waals surface area contributed by atoms with Gasteiger partial charge in [0.25, 0.3) is 0 Å². The minimum atomic E-state index is 0.188. The van der Waals surface area contributed by atoms with Gasteiger partial charge < -0.3 is 5.32 Å². The largest absolute Gasteiger partial charge is 0.304 e. The van der Waals surface area contributed by atoms with E-state index in [1.54, 1.807) is 11.3 Å². The van der Waals surface area contributed by atoms with Gasteiger partial charge in [-0.15, -0.1) is 11.3 Å². The molecule has 0 aromatic carbocycles. The number of nitrogens with one attached hydrogen (secondary N) is 1. The van der Waals surface area contributed by atoms with E-state index in [-0.39, 0.29) is 6.04 Å². The highest BCUT2D eigenvalue weighted by Gasteiger charge is 2.22. The summed E-state index contributed by atoms with van der Waals surface area (Å²) in [6.45, 7) is 6.16. The zero-order valence-electron chi connectivity index (χ0n) is 11.0. The fourth-order valence-corrected chi connectivity index (χ4v) is 4.06. The third-order valence-electron chi connectivity index (χ3n) is 2.88. The number of nitrogens with zero attached hydrogens (tertiary/aromatic N) is 2. The molecule has 3 nitrogen and oxygen atoms in total. The number of halogens is 2. The molecule has 0 bridgehead atoms. The van der Waals surface area contributed by atoms with Gasteiger partial charge in [-0.1, -0.05) is 6.92 Å². The molecule has 1 atom stereocenters. The van der Waals surface area contributed by atoms with Crippen LogP contribution in [0, 0.1) is 0 Å². The van der Waals surface area contributed by atoms with E-state index in [2.05, 4.69) is 67.6 Å². The molecule has 1 N–H and O–H groups in total. The molecule has 2 rings (SSSR count). The molecule has 2 aromatic heterocycles. The highest BCUT2D eigenvalue weighted by molar-refractivity contribution is 9.10. The number of hydrogen-bond donors (Lipinski definition) is 1. The van der Waals surface area contributed by atoms with Gasteiger partial charge in [0.1, 0.15) is 0 Å². The number of rotatable bonds is 6. The molecule has 0 amide bonds. The molecule has 1 unspecified atom stereocenters. The van der Waals surface area contributed by atoms with Gasteiger partial charge in [-0.2, -0.15) is 5.10 Å². The minimum Gasteiger partial charge on any atom is -0.304 e. The van der Waals surface area contributed by atoms with Gasteiger partial charge in [0.05, 0.1) is 22.4 Å². The Morgan fingerprint density at radius 1 is 1.42 bits per heavy atom. The summed E-state index contributed by atoms with van der Waals surface area (Å²) in [7, 11) is 0. The SMILES string of the molecule is CCCNC(c1cc(Br)cs1)c1c(Br)cnn1CC. The summed E-state index contributed by atoms with van der Waals surface area (Å²) < 4.78 is 4.24. The van der Waals surface area contributed by atoms with Crippen LogP contribution in [0.15, 0.2) is 26.6 Å². The Bertz CT molecular complexity index is 536. The molecule has 0 spiro atoms. The fourth-order valence-electron chi connectivity index (χ4n) is 2.01. The first-order valence-corrected chi connectivity index (χ1v) is 8.82. The number of aromatic nitrogens is 2. The quantitative estimate of drug-likeness (QED) is 0.760. The van der Waals surface area contributed by atoms with Crippen molar-refractivity contribution in [3.8, 4) is 0 Å². The second kappa shape index (κ2) is 7.02. The van der Waals surface area contributed by atoms with Gasteiger partial charge in [0.15, 0.2) is 0 Å². The molecule has 0 radical (unpaired) electrons. The van der Waals surface area contributed by atoms with E-state index in [1.807, 2.05) is 10.9 Å². The summed E-state index contributed by atoms with van der Waals surface area (Å²) in [6.07, 6.45) is 2.99. The molecular weight excluding hydrogens is 390 g/mol. The first-order chi connectivity index (χ1) is 9.17. The van der Waals surface area contributed by atoms with Gasteiger partial charge in [-0.05, 0) is 57.8 Å². The molecule has 0 saturated carbocycles. The summed E-state index contributed by atoms with van der Waals surface area (Å²) in [6, 6.07) is 2.37. The van der Waals surface area contributed by atoms with Crippen LogP contribution in [-0.4, -0.2) is 16.3 Å². The molecular formula is C13H17Br2N3S. The van der Waals surface area contributed by atoms with Crippen LogP contribution in [-0.2, 0) is 6.54 Å². The van der Waals surface area contributed by atoms with Crippen LogP contribution in [0.2, 0.25) is 0 Å². The van der Waals surface area contributed by atoms with E-state index >= 15 is 0 Å². The Morgan fingerprint density at radius 3 is 2.79 bits per heavy atom. The van der Waals surface area contributed by atoms with Crippen molar-refractivity contribution in [2.24, 2.45) is 0 Å². The fraction of sp³-hybridized carbons (Fsp3) is 0.462. The van der Waals surface area contributed by atoms with Crippen LogP contribution in [0.1, 0.15) is 36.9 Å². The smallest absolute Gasteiger partial charge is 0.0853 e. The highest BCUT2D eigenvalue weighted by Crippen LogP contribution is 2.33. The number of aryl methyl sites for hydroxylation is 1. The van der Waals surface area contributed by atoms with Crippen molar-refractivity contribution in [3.63, 3.8) is 0 Å². The highest BCUT2D eigenvalue weighted by atomic mass is 79.9. The Labute approximate surface area is 134 Å². The monoisotopic (exact) mass is 405 g/mol. The lowest BCUT2D eigenvalue weighted by Gasteiger charge is -2.19. The topological polar surface area (TPSA) is 29.9 Å². The predicted molar refractivity (Wildman–Crippen MR) is 87.8 cm³/mol. The van der Waals surface area contributed by atoms with Gasteiger partial charge in [-0.25, -0.2) is 0 Å². The average molecular weight is 407 g/mol. The second-order valence-electron chi connectivity index (χ2n) is 4.25. The van der Waals surface area contributed by atoms with Crippen molar-refractivity contribution < 1.29 is 0 Å². The molecule has 0 saturated heterocycles. The normalized spacial score (nSPS) is 12.8. The predicted octanol–water partition coefficient (Wildman–Crippen LogP) is 4.58. The van der Waals surface area contributed by atoms with Crippen LogP contribution in [0.3, 0.4) is 0 Å². The summed E-state index contributed by atoms with van der Waals surface area (Å²) in [5.41, 5.74) is 1.20. The Balaban J connectivity index is 2.39. The summed E-state index contributed by atoms with van der Waals surface area (Å²) in [5.74, 6) is 0. The van der Waals surface area contributed by atoms with Crippen molar-refractivity contribution in [1.82, 2.24) is 15.1 Å². The lowest BCUT2D eigenvalue weighted by molar-refractivity contribution is 0.533. The standard InChI is InChI=1S/C13H17Br2N3S/c1-3-5-16-12(11-6-9(14)8-19-11)13-10(15)7-17-18(13)4-2/h6-8,12,16H,3-5H2,1-2H3. The third-order valence-corrected chi connectivity index (χ3v) is 5.25. The maximum atomic E-state index is 4.42. The van der Waals surface area contributed by atoms with E-state index in [0.717, 1.165) is 28.5 Å². The summed E-state index contributed by atoms with van der Waals surface area (Å²) in [4.78, 5) is 1.30. The molecule has 19 heavy (non-hydrogen) atoms. The molecule has 0 aliphatic heterocycles. The van der Waals surface area contributed by atoms with Gasteiger partial charge in [-0.3, -0.25) is 4.68 Å². The van der Waals surface area contributed by atoms with Gasteiger partial charge in [0, 0.05) is 21.3 Å². The maximum absolute atomic E-state index is 4.42. The van der Waals surface area contributed by atoms with Crippen molar-refractivity contribution in [2.45, 2.75) is 32.9 Å². The van der Waals surface area contributed by atoms with Crippen LogP contribution >= 0.6 is 43.2 Å². The first kappa shape index (κ1) is 15.2. The molecule has 0 fully saturated rings. The lowest BCUT2D eigenvalue weighted by Crippen LogP contribution is -2.25. The number of hydrogen-bond acceptors (Lipinski definition) is 3. The van der Waals surface area contributed by atoms with Crippen LogP contribution in [0.5, 0.6) is 0 Å². The zero-order valence-corrected chi connectivity index (χ0v) is 15.0. The molecule has 6 heteroatoms. The van der Waals surface area contributed by atoms with Crippen LogP contribution in [0.25, 0.3) is 0 Å². The Kier molecular flexibility index (Phi) is 5.62. The Hall–Kier alpha value is -0.170. The molecule has 0 aliphatic carbocycles. The molecule has 104 valence electrons. The average Bonchev–Trinajstić information content (AvgIpc) is 2.98. The second-order valence-corrected chi connectivity index (χ2v) is 6.96. The van der Waals surface area contributed by atoms with Crippen molar-refractivity contribution in [3.05, 3.63) is 37.2 Å². The maximum Gasteiger partial charge on any atom is 0.0853 e. The van der Waals surface area contributed by atoms with Crippen LogP contribution in [0.4, 0.5) is 0 Å². The third kappa shape index (κ3) is 3.48. The van der Waals surface area contributed by atoms with E-state index in [0.29, 0.717) is 0 Å². The van der Waals surface area contributed by atoms with Gasteiger partial charge in [0.2, 0.25) is 0 Å². The number of thiophene rings is 1. The van der Waals surface area contributed by atoms with Gasteiger partial charge >= 0.3 is 0 Å². The van der Waals surface area contributed by atoms with E-state index in [9.17, 15) is 0 Å². The minimum absolute atomic E-state index is 0.188. The lowest BCUT2D eigenvalue weighted by atomic mass is 10.1. The van der Waals surface area contributed by atoms with Crippen molar-refractivity contribution in [1.29, 1.82) is 0 Å². The summed E-state index contributed by atoms with van der Waals surface area (Å²) >= 11 is 8.92. The first-order valence-electron chi connectivity index (χ1n) is 6.35. The van der Waals surface area contributed by atoms with E-state index in [1.165, 1.54) is 10.6 Å². The van der Waals surface area contributed by atoms with E-state index < -0.39 is 0 Å². The molecule has 0 aliphatic rings. The van der Waals surface area contributed by atoms with Crippen LogP contribution < -0.4 is 5.32 Å². The Morgan fingerprint density at radius 2 is 2.21 bits per heavy atom. The molecule has 2 heterocycles. The zero-order chi connectivity index (χ0) is 13.8. The molecule has 2 aromatic rings. The van der Waals surface area contributed by atoms with Crippen molar-refractivity contribution in [2.75, 3.05) is 6.54 Å². The summed E-state index contributed by atoms with van der Waals surface area (Å²) in [5, 5.41) is 10.2. The van der Waals surface area contributed by atoms with Crippen molar-refractivity contribution >= 4 is 43.2 Å². The van der Waals surface area contributed by atoms with E-state index in [4.69, 9.17) is 0 Å².